The van der Waals surface area contributed by atoms with E-state index in [0.29, 0.717) is 18.6 Å². The first-order valence-corrected chi connectivity index (χ1v) is 11.0. The van der Waals surface area contributed by atoms with Gasteiger partial charge in [0.2, 0.25) is 0 Å². The fourth-order valence-corrected chi connectivity index (χ4v) is 7.40. The van der Waals surface area contributed by atoms with Crippen LogP contribution < -0.4 is 5.73 Å². The van der Waals surface area contributed by atoms with Crippen LogP contribution in [0.2, 0.25) is 0 Å². The fourth-order valence-electron chi connectivity index (χ4n) is 7.40. The zero-order chi connectivity index (χ0) is 18.4. The average molecular weight is 363 g/mol. The summed E-state index contributed by atoms with van der Waals surface area (Å²) in [6.45, 7) is 6.28. The molecule has 148 valence electrons. The highest BCUT2D eigenvalue weighted by atomic mass is 16.6. The second-order valence-corrected chi connectivity index (χ2v) is 10.1. The Labute approximate surface area is 158 Å². The van der Waals surface area contributed by atoms with Crippen molar-refractivity contribution in [3.05, 3.63) is 0 Å². The molecule has 0 aromatic heterocycles. The average Bonchev–Trinajstić information content (AvgIpc) is 2.94. The van der Waals surface area contributed by atoms with E-state index < -0.39 is 0 Å². The summed E-state index contributed by atoms with van der Waals surface area (Å²) in [5.74, 6) is 3.21. The first-order valence-electron chi connectivity index (χ1n) is 11.0. The molecule has 4 aliphatic carbocycles. The summed E-state index contributed by atoms with van der Waals surface area (Å²) in [5.41, 5.74) is 7.47. The van der Waals surface area contributed by atoms with Crippen LogP contribution in [0, 0.1) is 34.5 Å². The number of hydrogen-bond donors (Lipinski definition) is 2. The van der Waals surface area contributed by atoms with E-state index in [0.717, 1.165) is 49.4 Å². The Morgan fingerprint density at radius 2 is 1.88 bits per heavy atom. The molecule has 0 amide bonds. The van der Waals surface area contributed by atoms with Crippen LogP contribution in [-0.2, 0) is 4.84 Å². The first-order chi connectivity index (χ1) is 12.5. The minimum Gasteiger partial charge on any atom is -0.396 e. The summed E-state index contributed by atoms with van der Waals surface area (Å²) in [5, 5.41) is 15.0. The Bertz CT molecular complexity index is 550. The Kier molecular flexibility index (Phi) is 5.11. The molecule has 4 aliphatic rings. The van der Waals surface area contributed by atoms with Gasteiger partial charge in [-0.05, 0) is 105 Å². The van der Waals surface area contributed by atoms with Gasteiger partial charge in [0, 0.05) is 0 Å². The zero-order valence-electron chi connectivity index (χ0n) is 16.8. The molecule has 26 heavy (non-hydrogen) atoms. The molecule has 4 heteroatoms. The Hall–Kier alpha value is -0.610. The predicted molar refractivity (Wildman–Crippen MR) is 105 cm³/mol. The van der Waals surface area contributed by atoms with Gasteiger partial charge in [-0.25, -0.2) is 0 Å². The maximum Gasteiger partial charge on any atom is 0.118 e. The Balaban J connectivity index is 1.46. The van der Waals surface area contributed by atoms with Crippen molar-refractivity contribution < 1.29 is 9.94 Å². The van der Waals surface area contributed by atoms with E-state index in [2.05, 4.69) is 19.0 Å². The molecule has 0 spiro atoms. The number of hydrogen-bond acceptors (Lipinski definition) is 4. The monoisotopic (exact) mass is 362 g/mol. The van der Waals surface area contributed by atoms with Gasteiger partial charge < -0.3 is 15.7 Å². The second-order valence-electron chi connectivity index (χ2n) is 10.1. The third-order valence-corrected chi connectivity index (χ3v) is 9.08. The smallest absolute Gasteiger partial charge is 0.118 e. The molecule has 7 atom stereocenters. The minimum atomic E-state index is -0.0604. The zero-order valence-corrected chi connectivity index (χ0v) is 16.8. The van der Waals surface area contributed by atoms with Crippen molar-refractivity contribution in [3.8, 4) is 0 Å². The van der Waals surface area contributed by atoms with Gasteiger partial charge >= 0.3 is 0 Å². The predicted octanol–water partition coefficient (Wildman–Crippen LogP) is 4.11. The number of nitrogens with two attached hydrogens (primary N) is 1. The van der Waals surface area contributed by atoms with Gasteiger partial charge in [0.15, 0.2) is 0 Å². The number of aliphatic hydroxyl groups excluding tert-OH is 1. The van der Waals surface area contributed by atoms with Crippen LogP contribution in [0.25, 0.3) is 0 Å². The number of nitrogens with zero attached hydrogens (tertiary/aromatic N) is 1. The number of fused-ring (bicyclic) bond motifs is 5. The largest absolute Gasteiger partial charge is 0.396 e. The topological polar surface area (TPSA) is 67.8 Å². The minimum absolute atomic E-state index is 0.0604. The molecule has 4 saturated carbocycles. The van der Waals surface area contributed by atoms with Crippen LogP contribution >= 0.6 is 0 Å². The summed E-state index contributed by atoms with van der Waals surface area (Å²) >= 11 is 0. The lowest BCUT2D eigenvalue weighted by Gasteiger charge is -2.60. The van der Waals surface area contributed by atoms with Crippen LogP contribution in [0.5, 0.6) is 0 Å². The van der Waals surface area contributed by atoms with Crippen molar-refractivity contribution in [2.24, 2.45) is 45.4 Å². The molecule has 4 unspecified atom stereocenters. The van der Waals surface area contributed by atoms with Gasteiger partial charge in [-0.3, -0.25) is 0 Å². The third-order valence-electron chi connectivity index (χ3n) is 9.08. The van der Waals surface area contributed by atoms with Crippen molar-refractivity contribution in [1.82, 2.24) is 0 Å². The third kappa shape index (κ3) is 2.92. The Morgan fingerprint density at radius 1 is 1.08 bits per heavy atom. The van der Waals surface area contributed by atoms with Crippen LogP contribution in [0.3, 0.4) is 0 Å². The van der Waals surface area contributed by atoms with E-state index in [1.165, 1.54) is 44.2 Å². The first kappa shape index (κ1) is 18.7. The van der Waals surface area contributed by atoms with Crippen LogP contribution in [0.1, 0.15) is 78.1 Å². The molecule has 0 radical (unpaired) electrons. The lowest BCUT2D eigenvalue weighted by Crippen LogP contribution is -2.54. The van der Waals surface area contributed by atoms with E-state index in [9.17, 15) is 5.11 Å². The highest BCUT2D eigenvalue weighted by Gasteiger charge is 2.59. The SMILES string of the molecule is C[C@]12CC/C(=N/OCCCN)CC1CCC1C2CC[C@@]2(C)C1CC[C@H]2O. The molecule has 0 aromatic carbocycles. The summed E-state index contributed by atoms with van der Waals surface area (Å²) < 4.78 is 0. The van der Waals surface area contributed by atoms with E-state index >= 15 is 0 Å². The van der Waals surface area contributed by atoms with Gasteiger partial charge in [0.1, 0.15) is 6.61 Å². The molecule has 0 heterocycles. The second kappa shape index (κ2) is 7.09. The lowest BCUT2D eigenvalue weighted by molar-refractivity contribution is -0.112. The van der Waals surface area contributed by atoms with Crippen LogP contribution in [-0.4, -0.2) is 30.1 Å². The number of oxime groups is 1. The molecule has 4 rings (SSSR count). The maximum atomic E-state index is 10.6. The summed E-state index contributed by atoms with van der Waals surface area (Å²) in [4.78, 5) is 5.49. The van der Waals surface area contributed by atoms with E-state index in [1.54, 1.807) is 0 Å². The maximum absolute atomic E-state index is 10.6. The summed E-state index contributed by atoms with van der Waals surface area (Å²) in [6, 6.07) is 0. The highest BCUT2D eigenvalue weighted by molar-refractivity contribution is 5.85. The van der Waals surface area contributed by atoms with Crippen molar-refractivity contribution in [3.63, 3.8) is 0 Å². The summed E-state index contributed by atoms with van der Waals surface area (Å²) in [7, 11) is 0. The standard InChI is InChI=1S/C22H38N2O2/c1-21-10-8-16(24-26-13-3-12-23)14-15(21)4-5-17-18-6-7-20(25)22(18,2)11-9-19(17)21/h15,17-20,25H,3-14,23H2,1-2H3/b24-16-/t15?,17?,18?,19?,20-,21+,22+/m1/s1. The van der Waals surface area contributed by atoms with E-state index in [1.807, 2.05) is 0 Å². The van der Waals surface area contributed by atoms with Crippen LogP contribution in [0.15, 0.2) is 5.16 Å². The van der Waals surface area contributed by atoms with Crippen LogP contribution in [0.4, 0.5) is 0 Å². The van der Waals surface area contributed by atoms with Crippen molar-refractivity contribution in [1.29, 1.82) is 0 Å². The molecule has 0 aromatic rings. The van der Waals surface area contributed by atoms with Crippen molar-refractivity contribution in [2.45, 2.75) is 84.2 Å². The van der Waals surface area contributed by atoms with Gasteiger partial charge in [-0.2, -0.15) is 0 Å². The van der Waals surface area contributed by atoms with Gasteiger partial charge in [0.25, 0.3) is 0 Å². The van der Waals surface area contributed by atoms with Crippen molar-refractivity contribution in [2.75, 3.05) is 13.2 Å². The lowest BCUT2D eigenvalue weighted by atomic mass is 9.45. The van der Waals surface area contributed by atoms with Gasteiger partial charge in [0.05, 0.1) is 11.8 Å². The molecular formula is C22H38N2O2. The molecule has 0 saturated heterocycles. The molecular weight excluding hydrogens is 324 g/mol. The molecule has 0 bridgehead atoms. The van der Waals surface area contributed by atoms with Gasteiger partial charge in [-0.1, -0.05) is 19.0 Å². The molecule has 4 fully saturated rings. The number of rotatable bonds is 4. The molecule has 0 aliphatic heterocycles. The fraction of sp³-hybridized carbons (Fsp3) is 0.955. The summed E-state index contributed by atoms with van der Waals surface area (Å²) in [6.07, 6.45) is 11.8. The highest BCUT2D eigenvalue weighted by Crippen LogP contribution is 2.65. The molecule has 3 N–H and O–H groups in total. The Morgan fingerprint density at radius 3 is 2.69 bits per heavy atom. The normalized spacial score (nSPS) is 49.4. The van der Waals surface area contributed by atoms with Gasteiger partial charge in [-0.15, -0.1) is 0 Å². The van der Waals surface area contributed by atoms with E-state index in [4.69, 9.17) is 10.6 Å². The number of aliphatic hydroxyl groups is 1. The van der Waals surface area contributed by atoms with Crippen molar-refractivity contribution >= 4 is 5.71 Å². The van der Waals surface area contributed by atoms with E-state index in [-0.39, 0.29) is 11.5 Å². The quantitative estimate of drug-likeness (QED) is 0.584. The molecule has 4 nitrogen and oxygen atoms in total.